The molecule has 0 heterocycles. The maximum atomic E-state index is 11.4. The Morgan fingerprint density at radius 1 is 1.29 bits per heavy atom. The quantitative estimate of drug-likeness (QED) is 0.716. The molecule has 1 aromatic rings. The van der Waals surface area contributed by atoms with Crippen LogP contribution in [-0.4, -0.2) is 8.42 Å². The van der Waals surface area contributed by atoms with Gasteiger partial charge in [-0.2, -0.15) is 8.42 Å². The van der Waals surface area contributed by atoms with Crippen molar-refractivity contribution in [3.05, 3.63) is 49.1 Å². The maximum Gasteiger partial charge on any atom is 0.297 e. The summed E-state index contributed by atoms with van der Waals surface area (Å²) in [5, 5.41) is 0. The Hall–Kier alpha value is -1.13. The molecule has 0 fully saturated rings. The number of rotatable bonds is 4. The summed E-state index contributed by atoms with van der Waals surface area (Å²) in [7, 11) is -3.67. The Kier molecular flexibility index (Phi) is 3.43. The minimum Gasteiger partial charge on any atom is -0.256 e. The van der Waals surface area contributed by atoms with Crippen LogP contribution in [-0.2, 0) is 14.3 Å². The monoisotopic (exact) mass is 211 g/mol. The van der Waals surface area contributed by atoms with Crippen molar-refractivity contribution in [2.45, 2.75) is 11.8 Å². The lowest BCUT2D eigenvalue weighted by atomic mass is 10.2. The predicted molar refractivity (Wildman–Crippen MR) is 53.9 cm³/mol. The fourth-order valence-corrected chi connectivity index (χ4v) is 1.68. The van der Waals surface area contributed by atoms with Crippen LogP contribution in [0.5, 0.6) is 0 Å². The smallest absolute Gasteiger partial charge is 0.256 e. The fourth-order valence-electron chi connectivity index (χ4n) is 0.873. The van der Waals surface area contributed by atoms with Crippen LogP contribution >= 0.6 is 0 Å². The van der Waals surface area contributed by atoms with E-state index in [1.165, 1.54) is 18.2 Å². The van der Waals surface area contributed by atoms with E-state index >= 15 is 0 Å². The summed E-state index contributed by atoms with van der Waals surface area (Å²) in [6, 6.07) is 6.43. The van der Waals surface area contributed by atoms with Crippen molar-refractivity contribution in [1.82, 2.24) is 0 Å². The van der Waals surface area contributed by atoms with Gasteiger partial charge in [-0.3, -0.25) is 4.18 Å². The number of hydrogen-bond acceptors (Lipinski definition) is 3. The molecular formula is C10H11O3S. The molecule has 4 heteroatoms. The number of aryl methyl sites for hydroxylation is 1. The van der Waals surface area contributed by atoms with Gasteiger partial charge in [-0.05, 0) is 19.1 Å². The predicted octanol–water partition coefficient (Wildman–Crippen LogP) is 2.05. The van der Waals surface area contributed by atoms with Gasteiger partial charge >= 0.3 is 0 Å². The van der Waals surface area contributed by atoms with Crippen molar-refractivity contribution >= 4 is 10.1 Å². The van der Waals surface area contributed by atoms with E-state index in [2.05, 4.69) is 10.8 Å². The average molecular weight is 211 g/mol. The zero-order valence-corrected chi connectivity index (χ0v) is 8.62. The first-order chi connectivity index (χ1) is 6.56. The summed E-state index contributed by atoms with van der Waals surface area (Å²) in [6.45, 7) is 6.25. The second-order valence-corrected chi connectivity index (χ2v) is 4.31. The summed E-state index contributed by atoms with van der Waals surface area (Å²) in [5.41, 5.74) is 0.997. The Bertz CT molecular complexity index is 403. The molecular weight excluding hydrogens is 200 g/mol. The second kappa shape index (κ2) is 4.39. The Balaban J connectivity index is 2.93. The first-order valence-corrected chi connectivity index (χ1v) is 5.41. The summed E-state index contributed by atoms with van der Waals surface area (Å²) < 4.78 is 27.3. The summed E-state index contributed by atoms with van der Waals surface area (Å²) in [4.78, 5) is 0.140. The molecule has 0 saturated heterocycles. The third-order valence-electron chi connectivity index (χ3n) is 1.59. The first-order valence-electron chi connectivity index (χ1n) is 4.00. The van der Waals surface area contributed by atoms with Crippen molar-refractivity contribution in [1.29, 1.82) is 0 Å². The Labute approximate surface area is 84.1 Å². The molecule has 0 saturated carbocycles. The highest BCUT2D eigenvalue weighted by molar-refractivity contribution is 7.86. The molecule has 0 unspecified atom stereocenters. The van der Waals surface area contributed by atoms with Crippen molar-refractivity contribution < 1.29 is 12.6 Å². The number of benzene rings is 1. The van der Waals surface area contributed by atoms with Gasteiger partial charge in [0.05, 0.1) is 4.90 Å². The minimum atomic E-state index is -3.67. The third kappa shape index (κ3) is 2.68. The molecule has 14 heavy (non-hydrogen) atoms. The van der Waals surface area contributed by atoms with E-state index in [0.717, 1.165) is 12.2 Å². The summed E-state index contributed by atoms with van der Waals surface area (Å²) in [6.07, 6.45) is 1.27. The van der Waals surface area contributed by atoms with Gasteiger partial charge in [0.1, 0.15) is 6.61 Å². The van der Waals surface area contributed by atoms with Crippen LogP contribution in [0, 0.1) is 13.5 Å². The topological polar surface area (TPSA) is 43.4 Å². The van der Waals surface area contributed by atoms with Crippen LogP contribution < -0.4 is 0 Å². The molecule has 3 nitrogen and oxygen atoms in total. The molecule has 0 aliphatic carbocycles. The third-order valence-corrected chi connectivity index (χ3v) is 2.80. The molecule has 0 aliphatic heterocycles. The zero-order valence-electron chi connectivity index (χ0n) is 7.80. The van der Waals surface area contributed by atoms with Gasteiger partial charge in [0.2, 0.25) is 0 Å². The van der Waals surface area contributed by atoms with E-state index in [0.29, 0.717) is 0 Å². The van der Waals surface area contributed by atoms with Crippen LogP contribution in [0.15, 0.2) is 41.8 Å². The lowest BCUT2D eigenvalue weighted by Crippen LogP contribution is -2.03. The molecule has 0 aromatic heterocycles. The van der Waals surface area contributed by atoms with Gasteiger partial charge < -0.3 is 0 Å². The minimum absolute atomic E-state index is 0.140. The van der Waals surface area contributed by atoms with Crippen LogP contribution in [0.2, 0.25) is 0 Å². The van der Waals surface area contributed by atoms with Crippen LogP contribution in [0.1, 0.15) is 5.56 Å². The van der Waals surface area contributed by atoms with Crippen molar-refractivity contribution in [2.75, 3.05) is 0 Å². The molecule has 0 spiro atoms. The molecule has 0 amide bonds. The molecule has 0 N–H and O–H groups in total. The SMILES string of the molecule is C=C[CH]OS(=O)(=O)c1ccc(C)cc1. The Morgan fingerprint density at radius 3 is 2.36 bits per heavy atom. The van der Waals surface area contributed by atoms with E-state index < -0.39 is 10.1 Å². The largest absolute Gasteiger partial charge is 0.297 e. The molecule has 0 atom stereocenters. The lowest BCUT2D eigenvalue weighted by molar-refractivity contribution is 0.412. The van der Waals surface area contributed by atoms with Crippen molar-refractivity contribution in [3.8, 4) is 0 Å². The fraction of sp³-hybridized carbons (Fsp3) is 0.100. The van der Waals surface area contributed by atoms with Gasteiger partial charge in [-0.15, -0.1) is 6.58 Å². The molecule has 0 bridgehead atoms. The van der Waals surface area contributed by atoms with Gasteiger partial charge in [0.15, 0.2) is 0 Å². The summed E-state index contributed by atoms with van der Waals surface area (Å²) >= 11 is 0. The highest BCUT2D eigenvalue weighted by atomic mass is 32.2. The van der Waals surface area contributed by atoms with Gasteiger partial charge in [0.25, 0.3) is 10.1 Å². The first kappa shape index (κ1) is 10.9. The van der Waals surface area contributed by atoms with Crippen molar-refractivity contribution in [3.63, 3.8) is 0 Å². The molecule has 0 aliphatic rings. The highest BCUT2D eigenvalue weighted by Crippen LogP contribution is 2.13. The maximum absolute atomic E-state index is 11.4. The van der Waals surface area contributed by atoms with Gasteiger partial charge in [-0.25, -0.2) is 0 Å². The molecule has 1 radical (unpaired) electrons. The van der Waals surface area contributed by atoms with Crippen molar-refractivity contribution in [2.24, 2.45) is 0 Å². The standard InChI is InChI=1S/C10H11O3S/c1-3-8-13-14(11,12)10-6-4-9(2)5-7-10/h3-8H,1H2,2H3. The number of hydrogen-bond donors (Lipinski definition) is 0. The lowest BCUT2D eigenvalue weighted by Gasteiger charge is -2.02. The average Bonchev–Trinajstić information content (AvgIpc) is 2.16. The van der Waals surface area contributed by atoms with E-state index in [9.17, 15) is 8.42 Å². The van der Waals surface area contributed by atoms with Crippen LogP contribution in [0.25, 0.3) is 0 Å². The molecule has 1 rings (SSSR count). The van der Waals surface area contributed by atoms with E-state index in [1.54, 1.807) is 12.1 Å². The van der Waals surface area contributed by atoms with Gasteiger partial charge in [-0.1, -0.05) is 23.8 Å². The second-order valence-electron chi connectivity index (χ2n) is 2.74. The van der Waals surface area contributed by atoms with E-state index in [-0.39, 0.29) is 4.90 Å². The van der Waals surface area contributed by atoms with Crippen LogP contribution in [0.3, 0.4) is 0 Å². The Morgan fingerprint density at radius 2 is 1.86 bits per heavy atom. The van der Waals surface area contributed by atoms with Crippen LogP contribution in [0.4, 0.5) is 0 Å². The highest BCUT2D eigenvalue weighted by Gasteiger charge is 2.13. The normalized spacial score (nSPS) is 11.2. The molecule has 75 valence electrons. The van der Waals surface area contributed by atoms with Gasteiger partial charge in [0, 0.05) is 0 Å². The van der Waals surface area contributed by atoms with E-state index in [1.807, 2.05) is 6.92 Å². The zero-order chi connectivity index (χ0) is 10.6. The van der Waals surface area contributed by atoms with E-state index in [4.69, 9.17) is 0 Å². The molecule has 1 aromatic carbocycles. The summed E-state index contributed by atoms with van der Waals surface area (Å²) in [5.74, 6) is 0.